The summed E-state index contributed by atoms with van der Waals surface area (Å²) in [7, 11) is 0. The van der Waals surface area contributed by atoms with Crippen LogP contribution in [0, 0.1) is 5.82 Å². The Morgan fingerprint density at radius 1 is 1.17 bits per heavy atom. The number of nitrogens with one attached hydrogen (secondary N) is 1. The number of carbonyl (C=O) groups is 2. The van der Waals surface area contributed by atoms with Crippen LogP contribution < -0.4 is 5.56 Å². The molecule has 150 valence electrons. The number of thiophene rings is 1. The predicted octanol–water partition coefficient (Wildman–Crippen LogP) is 3.36. The largest absolute Gasteiger partial charge is 0.457 e. The van der Waals surface area contributed by atoms with Crippen LogP contribution in [0.15, 0.2) is 29.1 Å². The van der Waals surface area contributed by atoms with Crippen LogP contribution in [-0.2, 0) is 28.8 Å². The van der Waals surface area contributed by atoms with Crippen molar-refractivity contribution in [1.82, 2.24) is 9.97 Å². The fraction of sp³-hybridized carbons (Fsp3) is 0.333. The van der Waals surface area contributed by atoms with Gasteiger partial charge in [0.15, 0.2) is 12.4 Å². The fourth-order valence-corrected chi connectivity index (χ4v) is 4.77. The SMILES string of the molecule is O=C(CCc1nc2sc3c(c2c(=O)[nH]1)CCCC3)OCC(=O)c1ccc(F)cc1. The van der Waals surface area contributed by atoms with Gasteiger partial charge in [-0.05, 0) is 55.5 Å². The van der Waals surface area contributed by atoms with E-state index in [-0.39, 0.29) is 24.0 Å². The molecule has 1 aliphatic rings. The molecule has 29 heavy (non-hydrogen) atoms. The van der Waals surface area contributed by atoms with E-state index in [2.05, 4.69) is 9.97 Å². The molecule has 0 atom stereocenters. The summed E-state index contributed by atoms with van der Waals surface area (Å²) in [5.74, 6) is -0.976. The lowest BCUT2D eigenvalue weighted by atomic mass is 9.97. The number of aromatic amines is 1. The highest BCUT2D eigenvalue weighted by molar-refractivity contribution is 7.18. The molecule has 0 radical (unpaired) electrons. The van der Waals surface area contributed by atoms with Crippen molar-refractivity contribution in [3.8, 4) is 0 Å². The van der Waals surface area contributed by atoms with Crippen LogP contribution in [0.1, 0.15) is 45.9 Å². The number of Topliss-reactive ketones (excluding diaryl/α,β-unsaturated/α-hetero) is 1. The average Bonchev–Trinajstić information content (AvgIpc) is 3.10. The van der Waals surface area contributed by atoms with Crippen molar-refractivity contribution in [3.05, 3.63) is 62.3 Å². The van der Waals surface area contributed by atoms with E-state index in [1.807, 2.05) is 0 Å². The monoisotopic (exact) mass is 414 g/mol. The van der Waals surface area contributed by atoms with Crippen molar-refractivity contribution >= 4 is 33.3 Å². The molecule has 1 aromatic carbocycles. The Kier molecular flexibility index (Phi) is 5.53. The molecular weight excluding hydrogens is 395 g/mol. The number of ether oxygens (including phenoxy) is 1. The molecule has 0 unspecified atom stereocenters. The molecule has 0 aliphatic heterocycles. The van der Waals surface area contributed by atoms with Gasteiger partial charge in [-0.3, -0.25) is 14.4 Å². The molecule has 2 heterocycles. The van der Waals surface area contributed by atoms with E-state index < -0.39 is 24.2 Å². The van der Waals surface area contributed by atoms with E-state index in [1.165, 1.54) is 29.1 Å². The second-order valence-corrected chi connectivity index (χ2v) is 8.08. The van der Waals surface area contributed by atoms with Crippen LogP contribution in [0.25, 0.3) is 10.2 Å². The quantitative estimate of drug-likeness (QED) is 0.494. The van der Waals surface area contributed by atoms with Gasteiger partial charge in [-0.1, -0.05) is 0 Å². The third-order valence-corrected chi connectivity index (χ3v) is 6.16. The number of ketones is 1. The molecule has 0 bridgehead atoms. The number of fused-ring (bicyclic) bond motifs is 3. The summed E-state index contributed by atoms with van der Waals surface area (Å²) in [6, 6.07) is 5.04. The number of rotatable bonds is 6. The lowest BCUT2D eigenvalue weighted by Crippen LogP contribution is -2.16. The number of carbonyl (C=O) groups excluding carboxylic acids is 2. The molecule has 0 saturated carbocycles. The van der Waals surface area contributed by atoms with Crippen LogP contribution in [-0.4, -0.2) is 28.3 Å². The first-order valence-electron chi connectivity index (χ1n) is 9.49. The van der Waals surface area contributed by atoms with E-state index in [0.717, 1.165) is 36.1 Å². The van der Waals surface area contributed by atoms with Crippen LogP contribution in [0.5, 0.6) is 0 Å². The van der Waals surface area contributed by atoms with Gasteiger partial charge in [-0.15, -0.1) is 11.3 Å². The van der Waals surface area contributed by atoms with E-state index >= 15 is 0 Å². The van der Waals surface area contributed by atoms with Gasteiger partial charge in [0.25, 0.3) is 5.56 Å². The molecule has 6 nitrogen and oxygen atoms in total. The molecule has 0 spiro atoms. The molecule has 0 amide bonds. The minimum absolute atomic E-state index is 0.00374. The highest BCUT2D eigenvalue weighted by Gasteiger charge is 2.20. The van der Waals surface area contributed by atoms with Gasteiger partial charge in [-0.25, -0.2) is 9.37 Å². The zero-order valence-electron chi connectivity index (χ0n) is 15.6. The molecular formula is C21H19FN2O4S. The summed E-state index contributed by atoms with van der Waals surface area (Å²) < 4.78 is 17.9. The number of aryl methyl sites for hydroxylation is 3. The number of esters is 1. The Balaban J connectivity index is 1.36. The van der Waals surface area contributed by atoms with Gasteiger partial charge in [0.2, 0.25) is 0 Å². The molecule has 1 N–H and O–H groups in total. The maximum absolute atomic E-state index is 12.9. The van der Waals surface area contributed by atoms with Crippen molar-refractivity contribution in [2.75, 3.05) is 6.61 Å². The summed E-state index contributed by atoms with van der Waals surface area (Å²) in [6.07, 6.45) is 4.33. The number of halogens is 1. The average molecular weight is 414 g/mol. The number of hydrogen-bond acceptors (Lipinski definition) is 6. The Morgan fingerprint density at radius 3 is 2.72 bits per heavy atom. The number of H-pyrrole nitrogens is 1. The maximum Gasteiger partial charge on any atom is 0.306 e. The van der Waals surface area contributed by atoms with Gasteiger partial charge in [0.05, 0.1) is 11.8 Å². The third kappa shape index (κ3) is 4.27. The van der Waals surface area contributed by atoms with Gasteiger partial charge >= 0.3 is 5.97 Å². The number of hydrogen-bond donors (Lipinski definition) is 1. The predicted molar refractivity (Wildman–Crippen MR) is 107 cm³/mol. The molecule has 0 saturated heterocycles. The van der Waals surface area contributed by atoms with E-state index in [9.17, 15) is 18.8 Å². The maximum atomic E-state index is 12.9. The van der Waals surface area contributed by atoms with Crippen LogP contribution in [0.3, 0.4) is 0 Å². The van der Waals surface area contributed by atoms with E-state index in [1.54, 1.807) is 11.3 Å². The van der Waals surface area contributed by atoms with Gasteiger partial charge < -0.3 is 9.72 Å². The lowest BCUT2D eigenvalue weighted by molar-refractivity contribution is -0.142. The van der Waals surface area contributed by atoms with Crippen molar-refractivity contribution in [2.24, 2.45) is 0 Å². The standard InChI is InChI=1S/C21H19FN2O4S/c22-13-7-5-12(6-8-13)15(25)11-28-18(26)10-9-17-23-20(27)19-14-3-1-2-4-16(14)29-21(19)24-17/h5-8H,1-4,9-11H2,(H,23,24,27). The van der Waals surface area contributed by atoms with Crippen molar-refractivity contribution in [2.45, 2.75) is 38.5 Å². The molecule has 3 aromatic rings. The zero-order valence-corrected chi connectivity index (χ0v) is 16.4. The van der Waals surface area contributed by atoms with E-state index in [0.29, 0.717) is 11.2 Å². The topological polar surface area (TPSA) is 89.1 Å². The summed E-state index contributed by atoms with van der Waals surface area (Å²) in [4.78, 5) is 45.7. The minimum Gasteiger partial charge on any atom is -0.457 e. The second kappa shape index (κ2) is 8.24. The van der Waals surface area contributed by atoms with E-state index in [4.69, 9.17) is 4.74 Å². The molecule has 8 heteroatoms. The normalized spacial score (nSPS) is 13.3. The highest BCUT2D eigenvalue weighted by Crippen LogP contribution is 2.33. The number of nitrogens with zero attached hydrogens (tertiary/aromatic N) is 1. The third-order valence-electron chi connectivity index (χ3n) is 4.97. The van der Waals surface area contributed by atoms with Gasteiger partial charge in [-0.2, -0.15) is 0 Å². The smallest absolute Gasteiger partial charge is 0.306 e. The summed E-state index contributed by atoms with van der Waals surface area (Å²) >= 11 is 1.56. The fourth-order valence-electron chi connectivity index (χ4n) is 3.48. The summed E-state index contributed by atoms with van der Waals surface area (Å²) in [6.45, 7) is -0.412. The van der Waals surface area contributed by atoms with Crippen molar-refractivity contribution in [3.63, 3.8) is 0 Å². The number of aromatic nitrogens is 2. The van der Waals surface area contributed by atoms with Crippen LogP contribution >= 0.6 is 11.3 Å². The minimum atomic E-state index is -0.561. The van der Waals surface area contributed by atoms with Gasteiger partial charge in [0, 0.05) is 16.9 Å². The first kappa shape index (κ1) is 19.4. The molecule has 4 rings (SSSR count). The Hall–Kier alpha value is -2.87. The van der Waals surface area contributed by atoms with Crippen molar-refractivity contribution < 1.29 is 18.7 Å². The van der Waals surface area contributed by atoms with Crippen molar-refractivity contribution in [1.29, 1.82) is 0 Å². The van der Waals surface area contributed by atoms with Crippen LogP contribution in [0.4, 0.5) is 4.39 Å². The Morgan fingerprint density at radius 2 is 1.93 bits per heavy atom. The van der Waals surface area contributed by atoms with Gasteiger partial charge in [0.1, 0.15) is 16.5 Å². The lowest BCUT2D eigenvalue weighted by Gasteiger charge is -2.09. The summed E-state index contributed by atoms with van der Waals surface area (Å²) in [5.41, 5.74) is 1.23. The second-order valence-electron chi connectivity index (χ2n) is 6.99. The Labute approximate surface area is 169 Å². The molecule has 1 aliphatic carbocycles. The van der Waals surface area contributed by atoms with Crippen LogP contribution in [0.2, 0.25) is 0 Å². The Bertz CT molecular complexity index is 1130. The molecule has 0 fully saturated rings. The zero-order chi connectivity index (χ0) is 20.4. The molecule has 2 aromatic heterocycles. The number of benzene rings is 1. The first-order valence-corrected chi connectivity index (χ1v) is 10.3. The summed E-state index contributed by atoms with van der Waals surface area (Å²) in [5, 5.41) is 0.681. The highest BCUT2D eigenvalue weighted by atomic mass is 32.1. The first-order chi connectivity index (χ1) is 14.0.